The van der Waals surface area contributed by atoms with Crippen LogP contribution in [0, 0.1) is 13.8 Å². The molecular weight excluding hydrogens is 240 g/mol. The van der Waals surface area contributed by atoms with E-state index in [0.29, 0.717) is 0 Å². The molecule has 19 heavy (non-hydrogen) atoms. The minimum absolute atomic E-state index is 0.0454. The Kier molecular flexibility index (Phi) is 4.01. The third-order valence-corrected chi connectivity index (χ3v) is 3.67. The van der Waals surface area contributed by atoms with E-state index in [1.165, 1.54) is 11.3 Å². The first-order chi connectivity index (χ1) is 9.08. The van der Waals surface area contributed by atoms with E-state index in [1.807, 2.05) is 35.6 Å². The topological polar surface area (TPSA) is 73.7 Å². The average molecular weight is 262 g/mol. The van der Waals surface area contributed by atoms with Gasteiger partial charge in [-0.1, -0.05) is 0 Å². The fourth-order valence-corrected chi connectivity index (χ4v) is 2.47. The predicted octanol–water partition coefficient (Wildman–Crippen LogP) is 1.00. The van der Waals surface area contributed by atoms with E-state index in [9.17, 15) is 0 Å². The van der Waals surface area contributed by atoms with E-state index in [2.05, 4.69) is 29.5 Å². The molecule has 0 aliphatic heterocycles. The summed E-state index contributed by atoms with van der Waals surface area (Å²) in [7, 11) is 1.97. The van der Waals surface area contributed by atoms with E-state index in [-0.39, 0.29) is 6.04 Å². The highest BCUT2D eigenvalue weighted by molar-refractivity contribution is 5.27. The maximum absolute atomic E-state index is 5.72. The molecule has 0 spiro atoms. The van der Waals surface area contributed by atoms with Crippen LogP contribution in [0.2, 0.25) is 0 Å². The van der Waals surface area contributed by atoms with Crippen LogP contribution in [0.3, 0.4) is 0 Å². The van der Waals surface area contributed by atoms with Crippen molar-refractivity contribution in [2.75, 3.05) is 0 Å². The Hall–Kier alpha value is -1.66. The Morgan fingerprint density at radius 2 is 2.16 bits per heavy atom. The zero-order chi connectivity index (χ0) is 14.0. The van der Waals surface area contributed by atoms with E-state index in [0.717, 1.165) is 24.4 Å². The largest absolute Gasteiger partial charge is 0.272 e. The zero-order valence-corrected chi connectivity index (χ0v) is 12.0. The van der Waals surface area contributed by atoms with E-state index < -0.39 is 0 Å². The number of aryl methyl sites for hydroxylation is 3. The second kappa shape index (κ2) is 5.54. The SMILES string of the molecule is CCn1nccc1C(Cc1c(C)nn(C)c1C)NN. The number of hydrogen-bond donors (Lipinski definition) is 2. The maximum atomic E-state index is 5.72. The van der Waals surface area contributed by atoms with Gasteiger partial charge in [-0.3, -0.25) is 20.6 Å². The van der Waals surface area contributed by atoms with Crippen LogP contribution < -0.4 is 11.3 Å². The van der Waals surface area contributed by atoms with Gasteiger partial charge in [-0.15, -0.1) is 0 Å². The van der Waals surface area contributed by atoms with Gasteiger partial charge < -0.3 is 0 Å². The average Bonchev–Trinajstić information content (AvgIpc) is 2.95. The predicted molar refractivity (Wildman–Crippen MR) is 74.4 cm³/mol. The van der Waals surface area contributed by atoms with Gasteiger partial charge in [0.05, 0.1) is 17.4 Å². The molecule has 0 aliphatic carbocycles. The molecule has 1 atom stereocenters. The molecule has 0 fully saturated rings. The molecule has 2 aromatic heterocycles. The molecule has 6 heteroatoms. The fourth-order valence-electron chi connectivity index (χ4n) is 2.47. The van der Waals surface area contributed by atoms with Crippen molar-refractivity contribution in [3.05, 3.63) is 34.9 Å². The molecule has 3 N–H and O–H groups in total. The fraction of sp³-hybridized carbons (Fsp3) is 0.538. The van der Waals surface area contributed by atoms with Crippen molar-refractivity contribution >= 4 is 0 Å². The Morgan fingerprint density at radius 1 is 1.42 bits per heavy atom. The zero-order valence-electron chi connectivity index (χ0n) is 12.0. The number of nitrogens with zero attached hydrogens (tertiary/aromatic N) is 4. The van der Waals surface area contributed by atoms with Crippen molar-refractivity contribution < 1.29 is 0 Å². The van der Waals surface area contributed by atoms with Gasteiger partial charge in [0, 0.05) is 25.5 Å². The number of hydrogen-bond acceptors (Lipinski definition) is 4. The molecule has 0 amide bonds. The van der Waals surface area contributed by atoms with Gasteiger partial charge in [0.2, 0.25) is 0 Å². The highest BCUT2D eigenvalue weighted by Gasteiger charge is 2.19. The molecule has 2 rings (SSSR count). The first-order valence-electron chi connectivity index (χ1n) is 6.55. The molecular formula is C13H22N6. The van der Waals surface area contributed by atoms with Crippen LogP contribution in [0.1, 0.15) is 35.6 Å². The minimum Gasteiger partial charge on any atom is -0.272 e. The summed E-state index contributed by atoms with van der Waals surface area (Å²) in [5.41, 5.74) is 7.48. The second-order valence-corrected chi connectivity index (χ2v) is 4.77. The van der Waals surface area contributed by atoms with Gasteiger partial charge in [-0.05, 0) is 38.8 Å². The van der Waals surface area contributed by atoms with Crippen molar-refractivity contribution in [1.29, 1.82) is 0 Å². The number of aromatic nitrogens is 4. The van der Waals surface area contributed by atoms with Crippen LogP contribution in [0.5, 0.6) is 0 Å². The summed E-state index contributed by atoms with van der Waals surface area (Å²) in [5.74, 6) is 5.72. The normalized spacial score (nSPS) is 12.9. The molecule has 0 aromatic carbocycles. The lowest BCUT2D eigenvalue weighted by molar-refractivity contribution is 0.489. The summed E-state index contributed by atoms with van der Waals surface area (Å²) in [4.78, 5) is 0. The molecule has 2 aromatic rings. The molecule has 2 heterocycles. The lowest BCUT2D eigenvalue weighted by Gasteiger charge is -2.17. The van der Waals surface area contributed by atoms with Gasteiger partial charge in [0.25, 0.3) is 0 Å². The van der Waals surface area contributed by atoms with Crippen LogP contribution in [-0.4, -0.2) is 19.6 Å². The first kappa shape index (κ1) is 13.8. The van der Waals surface area contributed by atoms with Crippen LogP contribution >= 0.6 is 0 Å². The molecule has 0 bridgehead atoms. The lowest BCUT2D eigenvalue weighted by atomic mass is 10.0. The van der Waals surface area contributed by atoms with Crippen molar-refractivity contribution in [3.8, 4) is 0 Å². The molecule has 104 valence electrons. The summed E-state index contributed by atoms with van der Waals surface area (Å²) >= 11 is 0. The van der Waals surface area contributed by atoms with Gasteiger partial charge in [0.15, 0.2) is 0 Å². The van der Waals surface area contributed by atoms with Crippen LogP contribution in [0.25, 0.3) is 0 Å². The molecule has 0 radical (unpaired) electrons. The third-order valence-electron chi connectivity index (χ3n) is 3.67. The number of hydrazine groups is 1. The highest BCUT2D eigenvalue weighted by Crippen LogP contribution is 2.21. The summed E-state index contributed by atoms with van der Waals surface area (Å²) in [6, 6.07) is 2.05. The summed E-state index contributed by atoms with van der Waals surface area (Å²) in [6.07, 6.45) is 2.62. The van der Waals surface area contributed by atoms with Gasteiger partial charge in [0.1, 0.15) is 0 Å². The lowest BCUT2D eigenvalue weighted by Crippen LogP contribution is -2.31. The summed E-state index contributed by atoms with van der Waals surface area (Å²) in [6.45, 7) is 7.03. The molecule has 0 saturated carbocycles. The standard InChI is InChI=1S/C13H22N6/c1-5-19-13(6-7-15-19)12(16-14)8-11-9(2)17-18(4)10(11)3/h6-7,12,16H,5,8,14H2,1-4H3. The molecule has 1 unspecified atom stereocenters. The van der Waals surface area contributed by atoms with Crippen LogP contribution in [0.15, 0.2) is 12.3 Å². The van der Waals surface area contributed by atoms with Crippen molar-refractivity contribution in [2.45, 2.75) is 39.8 Å². The third kappa shape index (κ3) is 2.54. The Morgan fingerprint density at radius 3 is 2.68 bits per heavy atom. The smallest absolute Gasteiger partial charge is 0.0670 e. The Bertz CT molecular complexity index is 553. The molecule has 0 aliphatic rings. The monoisotopic (exact) mass is 262 g/mol. The van der Waals surface area contributed by atoms with Gasteiger partial charge >= 0.3 is 0 Å². The Balaban J connectivity index is 2.29. The number of rotatable bonds is 5. The van der Waals surface area contributed by atoms with E-state index in [4.69, 9.17) is 5.84 Å². The molecule has 6 nitrogen and oxygen atoms in total. The van der Waals surface area contributed by atoms with Crippen LogP contribution in [-0.2, 0) is 20.0 Å². The molecule has 0 saturated heterocycles. The second-order valence-electron chi connectivity index (χ2n) is 4.77. The highest BCUT2D eigenvalue weighted by atomic mass is 15.3. The van der Waals surface area contributed by atoms with Crippen molar-refractivity contribution in [1.82, 2.24) is 25.0 Å². The Labute approximate surface area is 113 Å². The van der Waals surface area contributed by atoms with Crippen molar-refractivity contribution in [3.63, 3.8) is 0 Å². The summed E-state index contributed by atoms with van der Waals surface area (Å²) in [5, 5.41) is 8.74. The van der Waals surface area contributed by atoms with Crippen molar-refractivity contribution in [2.24, 2.45) is 12.9 Å². The number of nitrogens with two attached hydrogens (primary N) is 1. The maximum Gasteiger partial charge on any atom is 0.0670 e. The quantitative estimate of drug-likeness (QED) is 0.623. The van der Waals surface area contributed by atoms with Gasteiger partial charge in [-0.25, -0.2) is 0 Å². The van der Waals surface area contributed by atoms with Crippen LogP contribution in [0.4, 0.5) is 0 Å². The van der Waals surface area contributed by atoms with E-state index in [1.54, 1.807) is 0 Å². The van der Waals surface area contributed by atoms with E-state index >= 15 is 0 Å². The number of nitrogens with one attached hydrogen (secondary N) is 1. The first-order valence-corrected chi connectivity index (χ1v) is 6.55. The van der Waals surface area contributed by atoms with Gasteiger partial charge in [-0.2, -0.15) is 10.2 Å². The minimum atomic E-state index is 0.0454. The summed E-state index contributed by atoms with van der Waals surface area (Å²) < 4.78 is 3.88.